The first-order chi connectivity index (χ1) is 4.72. The zero-order chi connectivity index (χ0) is 7.56. The Balaban J connectivity index is 2.42. The molecule has 0 saturated carbocycles. The third-order valence-electron chi connectivity index (χ3n) is 2.03. The Morgan fingerprint density at radius 1 is 1.70 bits per heavy atom. The SMILES string of the molecule is CCC1CC(=S)OC(C)C1. The zero-order valence-electron chi connectivity index (χ0n) is 6.59. The lowest BCUT2D eigenvalue weighted by Gasteiger charge is -2.27. The van der Waals surface area contributed by atoms with Gasteiger partial charge in [-0.1, -0.05) is 13.3 Å². The van der Waals surface area contributed by atoms with Gasteiger partial charge in [0.05, 0.1) is 6.10 Å². The van der Waals surface area contributed by atoms with Gasteiger partial charge in [-0.05, 0) is 31.5 Å². The van der Waals surface area contributed by atoms with E-state index in [2.05, 4.69) is 13.8 Å². The van der Waals surface area contributed by atoms with Crippen molar-refractivity contribution in [3.8, 4) is 0 Å². The Hall–Kier alpha value is -0.110. The van der Waals surface area contributed by atoms with E-state index in [9.17, 15) is 0 Å². The van der Waals surface area contributed by atoms with Crippen molar-refractivity contribution in [1.82, 2.24) is 0 Å². The molecule has 0 aliphatic carbocycles. The van der Waals surface area contributed by atoms with Crippen LogP contribution in [0.3, 0.4) is 0 Å². The highest BCUT2D eigenvalue weighted by atomic mass is 32.1. The Morgan fingerprint density at radius 3 is 2.90 bits per heavy atom. The van der Waals surface area contributed by atoms with Crippen LogP contribution in [0.25, 0.3) is 0 Å². The second-order valence-electron chi connectivity index (χ2n) is 3.01. The first-order valence-electron chi connectivity index (χ1n) is 3.91. The van der Waals surface area contributed by atoms with Gasteiger partial charge >= 0.3 is 0 Å². The molecule has 1 fully saturated rings. The van der Waals surface area contributed by atoms with Crippen LogP contribution in [0.1, 0.15) is 33.1 Å². The van der Waals surface area contributed by atoms with E-state index in [-0.39, 0.29) is 0 Å². The van der Waals surface area contributed by atoms with Gasteiger partial charge in [0.25, 0.3) is 0 Å². The molecule has 0 aromatic heterocycles. The molecule has 1 nitrogen and oxygen atoms in total. The summed E-state index contributed by atoms with van der Waals surface area (Å²) in [5.41, 5.74) is 0. The van der Waals surface area contributed by atoms with E-state index in [1.165, 1.54) is 12.8 Å². The molecule has 0 aromatic carbocycles. The van der Waals surface area contributed by atoms with Gasteiger partial charge in [0, 0.05) is 6.42 Å². The van der Waals surface area contributed by atoms with E-state index >= 15 is 0 Å². The summed E-state index contributed by atoms with van der Waals surface area (Å²) in [5, 5.41) is 0.811. The fourth-order valence-corrected chi connectivity index (χ4v) is 1.82. The second kappa shape index (κ2) is 3.33. The van der Waals surface area contributed by atoms with Gasteiger partial charge in [-0.15, -0.1) is 0 Å². The average molecular weight is 158 g/mol. The molecule has 2 atom stereocenters. The summed E-state index contributed by atoms with van der Waals surface area (Å²) in [6.07, 6.45) is 3.76. The van der Waals surface area contributed by atoms with Gasteiger partial charge in [-0.25, -0.2) is 0 Å². The Kier molecular flexibility index (Phi) is 2.66. The molecular formula is C8H14OS. The van der Waals surface area contributed by atoms with Crippen molar-refractivity contribution in [2.75, 3.05) is 0 Å². The number of hydrogen-bond acceptors (Lipinski definition) is 2. The summed E-state index contributed by atoms with van der Waals surface area (Å²) in [6.45, 7) is 4.30. The number of rotatable bonds is 1. The molecule has 2 unspecified atom stereocenters. The van der Waals surface area contributed by atoms with Crippen molar-refractivity contribution in [2.45, 2.75) is 39.2 Å². The molecule has 0 N–H and O–H groups in total. The minimum absolute atomic E-state index is 0.353. The third-order valence-corrected chi connectivity index (χ3v) is 2.29. The minimum Gasteiger partial charge on any atom is -0.484 e. The van der Waals surface area contributed by atoms with Crippen LogP contribution in [0.2, 0.25) is 0 Å². The topological polar surface area (TPSA) is 9.23 Å². The smallest absolute Gasteiger partial charge is 0.160 e. The highest BCUT2D eigenvalue weighted by molar-refractivity contribution is 7.80. The van der Waals surface area contributed by atoms with Crippen LogP contribution in [0, 0.1) is 5.92 Å². The standard InChI is InChI=1S/C8H14OS/c1-3-7-4-6(2)9-8(10)5-7/h6-7H,3-5H2,1-2H3. The third kappa shape index (κ3) is 1.94. The summed E-state index contributed by atoms with van der Waals surface area (Å²) in [6, 6.07) is 0. The number of hydrogen-bond donors (Lipinski definition) is 0. The highest BCUT2D eigenvalue weighted by Crippen LogP contribution is 2.23. The van der Waals surface area contributed by atoms with Gasteiger partial charge in [0.1, 0.15) is 0 Å². The highest BCUT2D eigenvalue weighted by Gasteiger charge is 2.21. The van der Waals surface area contributed by atoms with Crippen LogP contribution < -0.4 is 0 Å². The lowest BCUT2D eigenvalue weighted by Crippen LogP contribution is -2.25. The van der Waals surface area contributed by atoms with E-state index in [4.69, 9.17) is 17.0 Å². The van der Waals surface area contributed by atoms with E-state index in [0.717, 1.165) is 17.4 Å². The predicted octanol–water partition coefficient (Wildman–Crippen LogP) is 2.54. The molecular weight excluding hydrogens is 144 g/mol. The molecule has 1 aliphatic heterocycles. The summed E-state index contributed by atoms with van der Waals surface area (Å²) in [4.78, 5) is 0. The normalized spacial score (nSPS) is 33.6. The molecule has 0 aromatic rings. The largest absolute Gasteiger partial charge is 0.484 e. The van der Waals surface area contributed by atoms with Gasteiger partial charge in [0.2, 0.25) is 0 Å². The molecule has 1 heterocycles. The van der Waals surface area contributed by atoms with E-state index in [0.29, 0.717) is 6.10 Å². The van der Waals surface area contributed by atoms with Crippen LogP contribution in [-0.4, -0.2) is 11.2 Å². The minimum atomic E-state index is 0.353. The van der Waals surface area contributed by atoms with E-state index < -0.39 is 0 Å². The second-order valence-corrected chi connectivity index (χ2v) is 3.47. The quantitative estimate of drug-likeness (QED) is 0.542. The van der Waals surface area contributed by atoms with E-state index in [1.807, 2.05) is 0 Å². The van der Waals surface area contributed by atoms with Gasteiger partial charge in [0.15, 0.2) is 5.05 Å². The van der Waals surface area contributed by atoms with Crippen molar-refractivity contribution < 1.29 is 4.74 Å². The maximum Gasteiger partial charge on any atom is 0.160 e. The summed E-state index contributed by atoms with van der Waals surface area (Å²) >= 11 is 5.00. The number of ether oxygens (including phenoxy) is 1. The molecule has 10 heavy (non-hydrogen) atoms. The number of thiocarbonyl (C=S) groups is 1. The van der Waals surface area contributed by atoms with Crippen LogP contribution >= 0.6 is 12.2 Å². The monoisotopic (exact) mass is 158 g/mol. The average Bonchev–Trinajstić information content (AvgIpc) is 1.85. The maximum atomic E-state index is 5.35. The van der Waals surface area contributed by atoms with Crippen LogP contribution in [0.5, 0.6) is 0 Å². The molecule has 1 saturated heterocycles. The Bertz CT molecular complexity index is 133. The van der Waals surface area contributed by atoms with Gasteiger partial charge in [-0.2, -0.15) is 0 Å². The Labute approximate surface area is 67.8 Å². The Morgan fingerprint density at radius 2 is 2.40 bits per heavy atom. The van der Waals surface area contributed by atoms with Crippen molar-refractivity contribution in [3.05, 3.63) is 0 Å². The van der Waals surface area contributed by atoms with Crippen molar-refractivity contribution in [1.29, 1.82) is 0 Å². The lowest BCUT2D eigenvalue weighted by atomic mass is 9.94. The van der Waals surface area contributed by atoms with Crippen molar-refractivity contribution in [2.24, 2.45) is 5.92 Å². The van der Waals surface area contributed by atoms with Crippen LogP contribution in [0.4, 0.5) is 0 Å². The first-order valence-corrected chi connectivity index (χ1v) is 4.32. The molecule has 0 spiro atoms. The molecule has 2 heteroatoms. The lowest BCUT2D eigenvalue weighted by molar-refractivity contribution is 0.140. The zero-order valence-corrected chi connectivity index (χ0v) is 7.41. The molecule has 1 aliphatic rings. The fourth-order valence-electron chi connectivity index (χ4n) is 1.42. The predicted molar refractivity (Wildman–Crippen MR) is 46.2 cm³/mol. The van der Waals surface area contributed by atoms with Gasteiger partial charge in [-0.3, -0.25) is 0 Å². The fraction of sp³-hybridized carbons (Fsp3) is 0.875. The van der Waals surface area contributed by atoms with Crippen LogP contribution in [-0.2, 0) is 4.74 Å². The summed E-state index contributed by atoms with van der Waals surface area (Å²) < 4.78 is 5.35. The van der Waals surface area contributed by atoms with Crippen molar-refractivity contribution in [3.63, 3.8) is 0 Å². The molecule has 1 rings (SSSR count). The summed E-state index contributed by atoms with van der Waals surface area (Å²) in [7, 11) is 0. The first kappa shape index (κ1) is 7.99. The summed E-state index contributed by atoms with van der Waals surface area (Å²) in [5.74, 6) is 0.774. The molecule has 0 radical (unpaired) electrons. The van der Waals surface area contributed by atoms with Crippen LogP contribution in [0.15, 0.2) is 0 Å². The molecule has 0 bridgehead atoms. The van der Waals surface area contributed by atoms with Gasteiger partial charge < -0.3 is 4.74 Å². The maximum absolute atomic E-state index is 5.35. The van der Waals surface area contributed by atoms with E-state index in [1.54, 1.807) is 0 Å². The van der Waals surface area contributed by atoms with Crippen molar-refractivity contribution >= 4 is 17.3 Å². The molecule has 0 amide bonds. The molecule has 58 valence electrons.